The van der Waals surface area contributed by atoms with Crippen LogP contribution >= 0.6 is 0 Å². The fourth-order valence-electron chi connectivity index (χ4n) is 2.62. The highest BCUT2D eigenvalue weighted by atomic mass is 16.9. The summed E-state index contributed by atoms with van der Waals surface area (Å²) in [6, 6.07) is 0.922. The minimum atomic E-state index is -0.993. The molecular formula is C18H22N4O9. The van der Waals surface area contributed by atoms with Crippen LogP contribution in [0.3, 0.4) is 0 Å². The molecule has 0 unspecified atom stereocenters. The van der Waals surface area contributed by atoms with Gasteiger partial charge in [-0.05, 0) is 38.5 Å². The number of aryl methyl sites for hydroxylation is 1. The fourth-order valence-corrected chi connectivity index (χ4v) is 2.62. The van der Waals surface area contributed by atoms with Gasteiger partial charge in [-0.3, -0.25) is 24.1 Å². The van der Waals surface area contributed by atoms with Crippen LogP contribution in [0.4, 0.5) is 0 Å². The van der Waals surface area contributed by atoms with Crippen LogP contribution in [0.2, 0.25) is 0 Å². The molecule has 0 bridgehead atoms. The Morgan fingerprint density at radius 1 is 1.16 bits per heavy atom. The SMILES string of the molecule is Cc1cc(C=O)c(C(=O)N(C)[C@H](C)CO[N+](=O)[O-])cc1C(=O)N(C=O)[C@H](C)CON=O. The van der Waals surface area contributed by atoms with Gasteiger partial charge in [-0.2, -0.15) is 0 Å². The highest BCUT2D eigenvalue weighted by Crippen LogP contribution is 2.20. The van der Waals surface area contributed by atoms with Crippen molar-refractivity contribution in [3.63, 3.8) is 0 Å². The van der Waals surface area contributed by atoms with Crippen molar-refractivity contribution in [2.24, 2.45) is 5.34 Å². The third kappa shape index (κ3) is 6.29. The van der Waals surface area contributed by atoms with E-state index in [1.54, 1.807) is 0 Å². The Hall–Kier alpha value is -3.90. The van der Waals surface area contributed by atoms with Crippen LogP contribution in [0, 0.1) is 21.9 Å². The van der Waals surface area contributed by atoms with E-state index in [1.807, 2.05) is 0 Å². The van der Waals surface area contributed by atoms with E-state index in [0.717, 1.165) is 9.80 Å². The lowest BCUT2D eigenvalue weighted by Crippen LogP contribution is -2.41. The van der Waals surface area contributed by atoms with E-state index in [-0.39, 0.29) is 29.7 Å². The molecule has 0 aliphatic carbocycles. The molecule has 2 atom stereocenters. The summed E-state index contributed by atoms with van der Waals surface area (Å²) < 4.78 is 0. The van der Waals surface area contributed by atoms with Crippen LogP contribution < -0.4 is 0 Å². The van der Waals surface area contributed by atoms with E-state index in [0.29, 0.717) is 11.8 Å². The molecule has 13 nitrogen and oxygen atoms in total. The van der Waals surface area contributed by atoms with Crippen LogP contribution in [0.1, 0.15) is 50.5 Å². The molecule has 168 valence electrons. The first kappa shape index (κ1) is 25.1. The van der Waals surface area contributed by atoms with Crippen LogP contribution in [0.25, 0.3) is 0 Å². The van der Waals surface area contributed by atoms with Gasteiger partial charge in [0.15, 0.2) is 11.6 Å². The molecule has 0 radical (unpaired) electrons. The molecule has 0 fully saturated rings. The summed E-state index contributed by atoms with van der Waals surface area (Å²) in [5, 5.41) is 11.6. The van der Waals surface area contributed by atoms with E-state index >= 15 is 0 Å². The molecule has 0 aromatic heterocycles. The lowest BCUT2D eigenvalue weighted by atomic mass is 9.97. The summed E-state index contributed by atoms with van der Waals surface area (Å²) in [7, 11) is 1.36. The first-order valence-electron chi connectivity index (χ1n) is 8.95. The Morgan fingerprint density at radius 2 is 1.81 bits per heavy atom. The Kier molecular flexibility index (Phi) is 9.19. The number of hydrogen-bond acceptors (Lipinski definition) is 10. The predicted molar refractivity (Wildman–Crippen MR) is 105 cm³/mol. The lowest BCUT2D eigenvalue weighted by molar-refractivity contribution is -0.758. The van der Waals surface area contributed by atoms with Gasteiger partial charge in [0.05, 0.1) is 17.6 Å². The predicted octanol–water partition coefficient (Wildman–Crippen LogP) is 1.16. The summed E-state index contributed by atoms with van der Waals surface area (Å²) >= 11 is 0. The summed E-state index contributed by atoms with van der Waals surface area (Å²) in [5.41, 5.74) is 0.148. The van der Waals surface area contributed by atoms with Crippen molar-refractivity contribution in [1.82, 2.24) is 9.80 Å². The van der Waals surface area contributed by atoms with Gasteiger partial charge < -0.3 is 14.6 Å². The molecule has 0 aliphatic rings. The zero-order valence-corrected chi connectivity index (χ0v) is 17.3. The van der Waals surface area contributed by atoms with Gasteiger partial charge in [-0.15, -0.1) is 15.0 Å². The molecule has 0 saturated carbocycles. The maximum Gasteiger partial charge on any atom is 0.294 e. The molecule has 0 N–H and O–H groups in total. The van der Waals surface area contributed by atoms with Gasteiger partial charge in [-0.1, -0.05) is 0 Å². The third-order valence-corrected chi connectivity index (χ3v) is 4.58. The van der Waals surface area contributed by atoms with Gasteiger partial charge in [0, 0.05) is 18.2 Å². The fraction of sp³-hybridized carbons (Fsp3) is 0.444. The Balaban J connectivity index is 3.31. The molecule has 1 rings (SSSR count). The number of imide groups is 1. The van der Waals surface area contributed by atoms with E-state index in [1.165, 1.54) is 40.0 Å². The van der Waals surface area contributed by atoms with Gasteiger partial charge in [0.2, 0.25) is 6.41 Å². The number of hydrogen-bond donors (Lipinski definition) is 0. The van der Waals surface area contributed by atoms with Gasteiger partial charge in [0.25, 0.3) is 16.9 Å². The molecule has 3 amide bonds. The highest BCUT2D eigenvalue weighted by molar-refractivity contribution is 6.07. The van der Waals surface area contributed by atoms with Crippen molar-refractivity contribution in [3.8, 4) is 0 Å². The number of aldehydes is 1. The number of carbonyl (C=O) groups excluding carboxylic acids is 4. The second-order valence-electron chi connectivity index (χ2n) is 6.69. The van der Waals surface area contributed by atoms with Crippen molar-refractivity contribution in [3.05, 3.63) is 49.4 Å². The van der Waals surface area contributed by atoms with E-state index in [9.17, 15) is 34.2 Å². The average Bonchev–Trinajstić information content (AvgIpc) is 2.74. The van der Waals surface area contributed by atoms with Gasteiger partial charge in [-0.25, -0.2) is 0 Å². The summed E-state index contributed by atoms with van der Waals surface area (Å²) in [5.74, 6) is -1.47. The second-order valence-corrected chi connectivity index (χ2v) is 6.69. The van der Waals surface area contributed by atoms with Crippen LogP contribution in [0.15, 0.2) is 17.5 Å². The number of carbonyl (C=O) groups is 4. The zero-order valence-electron chi connectivity index (χ0n) is 17.3. The molecule has 0 aliphatic heterocycles. The number of nitrogens with zero attached hydrogens (tertiary/aromatic N) is 4. The Labute approximate surface area is 176 Å². The maximum atomic E-state index is 12.9. The number of amides is 3. The molecule has 13 heteroatoms. The van der Waals surface area contributed by atoms with E-state index in [2.05, 4.69) is 15.0 Å². The zero-order chi connectivity index (χ0) is 23.7. The Bertz CT molecular complexity index is 874. The molecule has 1 aromatic rings. The van der Waals surface area contributed by atoms with Gasteiger partial charge in [0.1, 0.15) is 13.2 Å². The lowest BCUT2D eigenvalue weighted by Gasteiger charge is -2.26. The first-order valence-corrected chi connectivity index (χ1v) is 8.95. The number of rotatable bonds is 12. The minimum absolute atomic E-state index is 0.00696. The third-order valence-electron chi connectivity index (χ3n) is 4.58. The van der Waals surface area contributed by atoms with Crippen molar-refractivity contribution >= 4 is 24.5 Å². The average molecular weight is 438 g/mol. The largest absolute Gasteiger partial charge is 0.362 e. The molecule has 31 heavy (non-hydrogen) atoms. The normalized spacial score (nSPS) is 12.1. The van der Waals surface area contributed by atoms with Crippen LogP contribution in [0.5, 0.6) is 0 Å². The first-order chi connectivity index (χ1) is 14.6. The quantitative estimate of drug-likeness (QED) is 0.201. The molecule has 0 saturated heterocycles. The minimum Gasteiger partial charge on any atom is -0.362 e. The maximum absolute atomic E-state index is 12.9. The number of benzene rings is 1. The van der Waals surface area contributed by atoms with Crippen LogP contribution in [-0.2, 0) is 14.5 Å². The van der Waals surface area contributed by atoms with Crippen molar-refractivity contribution in [2.75, 3.05) is 20.3 Å². The highest BCUT2D eigenvalue weighted by Gasteiger charge is 2.27. The molecule has 1 aromatic carbocycles. The smallest absolute Gasteiger partial charge is 0.294 e. The second kappa shape index (κ2) is 11.3. The number of likely N-dealkylation sites (N-methyl/N-ethyl adjacent to an activating group) is 1. The van der Waals surface area contributed by atoms with Crippen LogP contribution in [-0.4, -0.2) is 71.7 Å². The van der Waals surface area contributed by atoms with E-state index < -0.39 is 35.6 Å². The molecule has 0 heterocycles. The van der Waals surface area contributed by atoms with Crippen molar-refractivity contribution in [2.45, 2.75) is 32.9 Å². The molecular weight excluding hydrogens is 416 g/mol. The van der Waals surface area contributed by atoms with Crippen molar-refractivity contribution in [1.29, 1.82) is 0 Å². The monoisotopic (exact) mass is 438 g/mol. The topological polar surface area (TPSA) is 166 Å². The summed E-state index contributed by atoms with van der Waals surface area (Å²) in [6.45, 7) is 3.73. The van der Waals surface area contributed by atoms with Crippen molar-refractivity contribution < 1.29 is 33.9 Å². The molecule has 0 spiro atoms. The Morgan fingerprint density at radius 3 is 2.32 bits per heavy atom. The summed E-state index contributed by atoms with van der Waals surface area (Å²) in [4.78, 5) is 79.7. The van der Waals surface area contributed by atoms with E-state index in [4.69, 9.17) is 0 Å². The van der Waals surface area contributed by atoms with Gasteiger partial charge >= 0.3 is 0 Å². The standard InChI is InChI=1S/C18H22N4O9/c1-11-5-14(7-23)16(17(25)20(4)12(2)9-31-22(28)29)6-15(11)18(26)21(10-24)13(3)8-30-19-27/h5-7,10,12-13H,8-9H2,1-4H3/t12-,13-/m1/s1. The summed E-state index contributed by atoms with van der Waals surface area (Å²) in [6.07, 6.45) is 0.684.